The van der Waals surface area contributed by atoms with Crippen LogP contribution in [0, 0.1) is 18.8 Å². The highest BCUT2D eigenvalue weighted by molar-refractivity contribution is 7.91. The van der Waals surface area contributed by atoms with Crippen molar-refractivity contribution in [2.45, 2.75) is 132 Å². The molecule has 15 heteroatoms. The maximum Gasteiger partial charge on any atom is 0.317 e. The summed E-state index contributed by atoms with van der Waals surface area (Å²) in [6, 6.07) is 5.68. The topological polar surface area (TPSA) is 172 Å². The van der Waals surface area contributed by atoms with E-state index in [1.54, 1.807) is 18.0 Å². The summed E-state index contributed by atoms with van der Waals surface area (Å²) in [5.41, 5.74) is 1.22. The zero-order valence-electron chi connectivity index (χ0n) is 33.7. The minimum Gasteiger partial charge on any atom is -0.471 e. The second-order valence-electron chi connectivity index (χ2n) is 17.3. The van der Waals surface area contributed by atoms with E-state index in [0.29, 0.717) is 25.3 Å². The SMILES string of the molecule is C=C[C@@H]1C[C@]1(NC(=O)[C@@H]1C[C@@H]2CN1C(=O)[C@H](C1CCCC1)NC(=O)N(C)CCCCCCCCn1cc(C)c3c4ccccc4nc(c31)O2)C(=O)NS(=O)(=O)C1CC1. The molecule has 1 saturated heterocycles. The molecule has 2 aliphatic heterocycles. The largest absolute Gasteiger partial charge is 0.471 e. The Bertz CT molecular complexity index is 2210. The van der Waals surface area contributed by atoms with Crippen molar-refractivity contribution in [1.29, 1.82) is 0 Å². The van der Waals surface area contributed by atoms with Crippen molar-refractivity contribution in [3.05, 3.63) is 48.7 Å². The number of carbonyl (C=O) groups excluding carboxylic acids is 4. The number of urea groups is 1. The molecule has 5 aliphatic rings. The Kier molecular flexibility index (Phi) is 11.2. The first-order chi connectivity index (χ1) is 27.9. The number of rotatable bonds is 7. The number of fused-ring (bicyclic) bond motifs is 4. The van der Waals surface area contributed by atoms with E-state index >= 15 is 0 Å². The number of pyridine rings is 1. The van der Waals surface area contributed by atoms with E-state index in [-0.39, 0.29) is 37.2 Å². The lowest BCUT2D eigenvalue weighted by Gasteiger charge is -2.33. The summed E-state index contributed by atoms with van der Waals surface area (Å²) < 4.78 is 37.0. The number of nitrogens with zero attached hydrogens (tertiary/aromatic N) is 4. The monoisotopic (exact) mass is 815 g/mol. The molecule has 0 unspecified atom stereocenters. The molecule has 8 rings (SSSR count). The van der Waals surface area contributed by atoms with Crippen LogP contribution in [0.1, 0.15) is 95.5 Å². The second-order valence-corrected chi connectivity index (χ2v) is 19.3. The fraction of sp³-hybridized carbons (Fsp3) is 0.605. The van der Waals surface area contributed by atoms with Crippen molar-refractivity contribution >= 4 is 55.6 Å². The number of ether oxygens (including phenoxy) is 1. The molecule has 4 heterocycles. The molecular weight excluding hydrogens is 759 g/mol. The summed E-state index contributed by atoms with van der Waals surface area (Å²) in [5.74, 6) is -1.96. The number of amides is 5. The maximum atomic E-state index is 15.0. The first-order valence-electron chi connectivity index (χ1n) is 21.3. The molecule has 0 radical (unpaired) electrons. The normalized spacial score (nSPS) is 27.9. The van der Waals surface area contributed by atoms with Gasteiger partial charge in [-0.15, -0.1) is 6.58 Å². The molecule has 14 nitrogen and oxygen atoms in total. The van der Waals surface area contributed by atoms with Gasteiger partial charge in [0.15, 0.2) is 0 Å². The van der Waals surface area contributed by atoms with Crippen molar-refractivity contribution < 1.29 is 32.3 Å². The van der Waals surface area contributed by atoms with Crippen molar-refractivity contribution in [3.63, 3.8) is 0 Å². The van der Waals surface area contributed by atoms with E-state index in [1.807, 2.05) is 18.2 Å². The first kappa shape index (κ1) is 40.1. The number of carbonyl (C=O) groups is 4. The van der Waals surface area contributed by atoms with Gasteiger partial charge in [-0.2, -0.15) is 0 Å². The molecule has 0 spiro atoms. The van der Waals surface area contributed by atoms with E-state index in [2.05, 4.69) is 45.7 Å². The number of sulfonamides is 1. The molecule has 3 N–H and O–H groups in total. The number of hydrogen-bond acceptors (Lipinski definition) is 8. The van der Waals surface area contributed by atoms with Crippen LogP contribution in [0.4, 0.5) is 4.79 Å². The summed E-state index contributed by atoms with van der Waals surface area (Å²) in [7, 11) is -2.14. The minimum absolute atomic E-state index is 0.0433. The van der Waals surface area contributed by atoms with Gasteiger partial charge < -0.3 is 29.7 Å². The van der Waals surface area contributed by atoms with Gasteiger partial charge in [0.1, 0.15) is 29.2 Å². The van der Waals surface area contributed by atoms with Crippen molar-refractivity contribution in [1.82, 2.24) is 34.7 Å². The fourth-order valence-corrected chi connectivity index (χ4v) is 10.9. The van der Waals surface area contributed by atoms with Crippen LogP contribution in [-0.2, 0) is 31.0 Å². The molecule has 3 saturated carbocycles. The first-order valence-corrected chi connectivity index (χ1v) is 22.8. The average Bonchev–Trinajstić information content (AvgIpc) is 4.03. The number of hydrogen-bond donors (Lipinski definition) is 3. The van der Waals surface area contributed by atoms with Gasteiger partial charge in [0.2, 0.25) is 27.7 Å². The standard InChI is InChI=1S/C43H57N7O7S/c1-4-29-24-43(29,41(53)47-58(55,56)31-19-20-31)46-38(51)34-23-30-26-50(34)40(52)36(28-15-9-10-16-28)45-42(54)48(3)21-13-7-5-6-8-14-22-49-25-27(2)35-32-17-11-12-18-33(32)44-39(57-30)37(35)49/h4,11-12,17-18,25,28-31,34,36H,1,5-10,13-16,19-24,26H2,2-3H3,(H,45,54)(H,46,51)(H,47,53)/t29-,30-,34+,36+,43-/m1/s1. The lowest BCUT2D eigenvalue weighted by molar-refractivity contribution is -0.142. The van der Waals surface area contributed by atoms with E-state index in [9.17, 15) is 27.6 Å². The Morgan fingerprint density at radius 1 is 1.00 bits per heavy atom. The molecule has 58 heavy (non-hydrogen) atoms. The van der Waals surface area contributed by atoms with Crippen molar-refractivity contribution in [3.8, 4) is 5.88 Å². The fourth-order valence-electron chi connectivity index (χ4n) is 9.55. The third-order valence-corrected chi connectivity index (χ3v) is 15.0. The van der Waals surface area contributed by atoms with Gasteiger partial charge in [0.05, 0.1) is 17.3 Å². The van der Waals surface area contributed by atoms with Crippen LogP contribution in [0.5, 0.6) is 5.88 Å². The smallest absolute Gasteiger partial charge is 0.317 e. The molecule has 1 aromatic carbocycles. The summed E-state index contributed by atoms with van der Waals surface area (Å²) in [4.78, 5) is 65.1. The Hall–Kier alpha value is -4.66. The van der Waals surface area contributed by atoms with E-state index in [0.717, 1.165) is 98.1 Å². The summed E-state index contributed by atoms with van der Waals surface area (Å²) in [5, 5.41) is 7.42. The van der Waals surface area contributed by atoms with Crippen LogP contribution >= 0.6 is 0 Å². The maximum absolute atomic E-state index is 15.0. The molecule has 2 bridgehead atoms. The third kappa shape index (κ3) is 7.90. The molecule has 3 aromatic rings. The minimum atomic E-state index is -3.89. The summed E-state index contributed by atoms with van der Waals surface area (Å²) in [6.07, 6.45) is 13.7. The van der Waals surface area contributed by atoms with E-state index in [4.69, 9.17) is 9.72 Å². The van der Waals surface area contributed by atoms with Crippen molar-refractivity contribution in [2.75, 3.05) is 20.1 Å². The van der Waals surface area contributed by atoms with Crippen LogP contribution in [-0.4, -0.2) is 101 Å². The Labute approximate surface area is 340 Å². The third-order valence-electron chi connectivity index (χ3n) is 13.1. The quantitative estimate of drug-likeness (QED) is 0.278. The van der Waals surface area contributed by atoms with Crippen LogP contribution in [0.2, 0.25) is 0 Å². The number of aromatic nitrogens is 2. The van der Waals surface area contributed by atoms with Gasteiger partial charge in [-0.05, 0) is 69.4 Å². The highest BCUT2D eigenvalue weighted by atomic mass is 32.2. The number of para-hydroxylation sites is 1. The predicted octanol–water partition coefficient (Wildman–Crippen LogP) is 5.07. The zero-order valence-corrected chi connectivity index (χ0v) is 34.5. The van der Waals surface area contributed by atoms with E-state index in [1.165, 1.54) is 4.90 Å². The number of benzene rings is 1. The molecule has 2 aromatic heterocycles. The summed E-state index contributed by atoms with van der Waals surface area (Å²) in [6.45, 7) is 7.31. The molecule has 3 aliphatic carbocycles. The summed E-state index contributed by atoms with van der Waals surface area (Å²) >= 11 is 0. The lowest BCUT2D eigenvalue weighted by Crippen LogP contribution is -2.59. The van der Waals surface area contributed by atoms with Gasteiger partial charge >= 0.3 is 6.03 Å². The zero-order chi connectivity index (χ0) is 40.8. The van der Waals surface area contributed by atoms with Gasteiger partial charge in [-0.3, -0.25) is 19.1 Å². The molecular formula is C43H57N7O7S. The molecule has 312 valence electrons. The van der Waals surface area contributed by atoms with Gasteiger partial charge in [-0.1, -0.05) is 62.8 Å². The van der Waals surface area contributed by atoms with Gasteiger partial charge in [0, 0.05) is 49.4 Å². The highest BCUT2D eigenvalue weighted by Crippen LogP contribution is 2.46. The number of aryl methyl sites for hydroxylation is 2. The van der Waals surface area contributed by atoms with Gasteiger partial charge in [-0.25, -0.2) is 18.2 Å². The van der Waals surface area contributed by atoms with Crippen LogP contribution < -0.4 is 20.1 Å². The lowest BCUT2D eigenvalue weighted by atomic mass is 9.96. The Balaban J connectivity index is 1.16. The average molecular weight is 816 g/mol. The van der Waals surface area contributed by atoms with E-state index < -0.39 is 56.7 Å². The number of nitrogens with one attached hydrogen (secondary N) is 3. The Morgan fingerprint density at radius 3 is 2.41 bits per heavy atom. The second kappa shape index (κ2) is 16.2. The van der Waals surface area contributed by atoms with Gasteiger partial charge in [0.25, 0.3) is 5.91 Å². The van der Waals surface area contributed by atoms with Crippen LogP contribution in [0.3, 0.4) is 0 Å². The van der Waals surface area contributed by atoms with Crippen LogP contribution in [0.15, 0.2) is 43.1 Å². The molecule has 5 atom stereocenters. The highest BCUT2D eigenvalue weighted by Gasteiger charge is 2.62. The van der Waals surface area contributed by atoms with Crippen LogP contribution in [0.25, 0.3) is 21.8 Å². The molecule has 4 fully saturated rings. The van der Waals surface area contributed by atoms with Crippen molar-refractivity contribution in [2.24, 2.45) is 11.8 Å². The predicted molar refractivity (Wildman–Crippen MR) is 220 cm³/mol. The molecule has 5 amide bonds. The Morgan fingerprint density at radius 2 is 1.71 bits per heavy atom.